The van der Waals surface area contributed by atoms with Crippen LogP contribution >= 0.6 is 11.6 Å². The Morgan fingerprint density at radius 1 is 1.21 bits per heavy atom. The topological polar surface area (TPSA) is 38.0 Å². The van der Waals surface area contributed by atoms with Crippen molar-refractivity contribution in [3.8, 4) is 0 Å². The normalized spacial score (nSPS) is 12.4. The van der Waals surface area contributed by atoms with Crippen LogP contribution in [-0.2, 0) is 6.42 Å². The van der Waals surface area contributed by atoms with Gasteiger partial charge in [0.1, 0.15) is 5.82 Å². The Kier molecular flexibility index (Phi) is 4.53. The summed E-state index contributed by atoms with van der Waals surface area (Å²) >= 11 is 5.84. The molecule has 0 aromatic heterocycles. The summed E-state index contributed by atoms with van der Waals surface area (Å²) in [6.07, 6.45) is 0.605. The molecule has 1 unspecified atom stereocenters. The number of nitrogens with one attached hydrogen (secondary N) is 1. The molecule has 0 saturated heterocycles. The zero-order valence-corrected chi connectivity index (χ0v) is 11.4. The zero-order chi connectivity index (χ0) is 13.8. The number of hydrogen-bond acceptors (Lipinski definition) is 2. The van der Waals surface area contributed by atoms with Crippen molar-refractivity contribution in [2.45, 2.75) is 19.4 Å². The number of nitrogens with two attached hydrogens (primary N) is 1. The van der Waals surface area contributed by atoms with Crippen LogP contribution in [0, 0.1) is 12.7 Å². The highest BCUT2D eigenvalue weighted by Gasteiger charge is 2.16. The Labute approximate surface area is 117 Å². The Morgan fingerprint density at radius 2 is 1.89 bits per heavy atom. The molecular weight excluding hydrogens is 263 g/mol. The van der Waals surface area contributed by atoms with Crippen molar-refractivity contribution in [1.29, 1.82) is 0 Å². The minimum atomic E-state index is -0.263. The molecule has 0 fully saturated rings. The van der Waals surface area contributed by atoms with Crippen molar-refractivity contribution < 1.29 is 4.39 Å². The van der Waals surface area contributed by atoms with Crippen molar-refractivity contribution in [3.05, 3.63) is 70.0 Å². The van der Waals surface area contributed by atoms with Gasteiger partial charge in [-0.3, -0.25) is 11.3 Å². The third-order valence-electron chi connectivity index (χ3n) is 3.15. The second-order valence-electron chi connectivity index (χ2n) is 4.53. The van der Waals surface area contributed by atoms with Gasteiger partial charge in [0.15, 0.2) is 0 Å². The Morgan fingerprint density at radius 3 is 2.53 bits per heavy atom. The predicted molar refractivity (Wildman–Crippen MR) is 76.4 cm³/mol. The summed E-state index contributed by atoms with van der Waals surface area (Å²) < 4.78 is 14.1. The van der Waals surface area contributed by atoms with Gasteiger partial charge in [0, 0.05) is 10.6 Å². The van der Waals surface area contributed by atoms with Crippen LogP contribution in [0.25, 0.3) is 0 Å². The summed E-state index contributed by atoms with van der Waals surface area (Å²) in [4.78, 5) is 0. The SMILES string of the molecule is Cc1cccc(C(Cc2ccc(Cl)cc2)NN)c1F. The molecule has 0 aliphatic rings. The predicted octanol–water partition coefficient (Wildman–Crippen LogP) is 3.53. The monoisotopic (exact) mass is 278 g/mol. The first-order valence-electron chi connectivity index (χ1n) is 6.07. The van der Waals surface area contributed by atoms with Gasteiger partial charge in [0.2, 0.25) is 0 Å². The fraction of sp³-hybridized carbons (Fsp3) is 0.200. The molecule has 3 N–H and O–H groups in total. The molecule has 0 heterocycles. The summed E-state index contributed by atoms with van der Waals surface area (Å²) in [6, 6.07) is 12.5. The highest BCUT2D eigenvalue weighted by molar-refractivity contribution is 6.30. The highest BCUT2D eigenvalue weighted by atomic mass is 35.5. The number of rotatable bonds is 4. The minimum Gasteiger partial charge on any atom is -0.271 e. The first kappa shape index (κ1) is 14.0. The molecule has 0 spiro atoms. The van der Waals surface area contributed by atoms with Gasteiger partial charge in [-0.1, -0.05) is 41.9 Å². The summed E-state index contributed by atoms with van der Waals surface area (Å²) in [5.41, 5.74) is 4.93. The van der Waals surface area contributed by atoms with Gasteiger partial charge in [-0.15, -0.1) is 0 Å². The van der Waals surface area contributed by atoms with Gasteiger partial charge in [0.25, 0.3) is 0 Å². The summed E-state index contributed by atoms with van der Waals surface area (Å²) in [5.74, 6) is 5.35. The average molecular weight is 279 g/mol. The molecule has 0 bridgehead atoms. The van der Waals surface area contributed by atoms with Crippen LogP contribution in [0.4, 0.5) is 4.39 Å². The molecule has 2 aromatic carbocycles. The largest absolute Gasteiger partial charge is 0.271 e. The van der Waals surface area contributed by atoms with Crippen molar-refractivity contribution in [3.63, 3.8) is 0 Å². The number of halogens is 2. The van der Waals surface area contributed by atoms with E-state index in [-0.39, 0.29) is 11.9 Å². The molecule has 100 valence electrons. The number of hydrogen-bond donors (Lipinski definition) is 2. The van der Waals surface area contributed by atoms with Crippen molar-refractivity contribution in [1.82, 2.24) is 5.43 Å². The van der Waals surface area contributed by atoms with Crippen LogP contribution in [-0.4, -0.2) is 0 Å². The van der Waals surface area contributed by atoms with Crippen LogP contribution in [0.5, 0.6) is 0 Å². The van der Waals surface area contributed by atoms with Crippen LogP contribution in [0.15, 0.2) is 42.5 Å². The number of hydrazine groups is 1. The van der Waals surface area contributed by atoms with Gasteiger partial charge in [-0.05, 0) is 36.6 Å². The molecule has 2 nitrogen and oxygen atoms in total. The molecule has 0 aliphatic carbocycles. The standard InChI is InChI=1S/C15H16ClFN2/c1-10-3-2-4-13(15(10)17)14(19-18)9-11-5-7-12(16)8-6-11/h2-8,14,19H,9,18H2,1H3. The third kappa shape index (κ3) is 3.32. The van der Waals surface area contributed by atoms with E-state index in [2.05, 4.69) is 5.43 Å². The van der Waals surface area contributed by atoms with E-state index in [4.69, 9.17) is 17.4 Å². The molecule has 0 amide bonds. The van der Waals surface area contributed by atoms with E-state index in [1.54, 1.807) is 19.1 Å². The summed E-state index contributed by atoms with van der Waals surface area (Å²) in [5, 5.41) is 0.683. The van der Waals surface area contributed by atoms with Crippen molar-refractivity contribution in [2.75, 3.05) is 0 Å². The maximum Gasteiger partial charge on any atom is 0.130 e. The Bertz CT molecular complexity index is 555. The van der Waals surface area contributed by atoms with E-state index in [0.29, 0.717) is 22.6 Å². The first-order chi connectivity index (χ1) is 9.11. The number of benzene rings is 2. The third-order valence-corrected chi connectivity index (χ3v) is 3.40. The summed E-state index contributed by atoms with van der Waals surface area (Å²) in [6.45, 7) is 1.74. The molecule has 0 saturated carbocycles. The van der Waals surface area contributed by atoms with E-state index < -0.39 is 0 Å². The first-order valence-corrected chi connectivity index (χ1v) is 6.45. The van der Waals surface area contributed by atoms with Crippen molar-refractivity contribution >= 4 is 11.6 Å². The lowest BCUT2D eigenvalue weighted by molar-refractivity contribution is 0.507. The smallest absolute Gasteiger partial charge is 0.130 e. The van der Waals surface area contributed by atoms with Gasteiger partial charge < -0.3 is 0 Å². The molecule has 4 heteroatoms. The Balaban J connectivity index is 2.25. The highest BCUT2D eigenvalue weighted by Crippen LogP contribution is 2.23. The van der Waals surface area contributed by atoms with Gasteiger partial charge in [-0.25, -0.2) is 4.39 Å². The second-order valence-corrected chi connectivity index (χ2v) is 4.96. The maximum atomic E-state index is 14.1. The van der Waals surface area contributed by atoms with Gasteiger partial charge >= 0.3 is 0 Å². The van der Waals surface area contributed by atoms with Crippen molar-refractivity contribution in [2.24, 2.45) is 5.84 Å². The second kappa shape index (κ2) is 6.15. The minimum absolute atomic E-state index is 0.209. The van der Waals surface area contributed by atoms with Crippen LogP contribution in [0.3, 0.4) is 0 Å². The van der Waals surface area contributed by atoms with E-state index in [1.165, 1.54) is 0 Å². The molecule has 0 radical (unpaired) electrons. The van der Waals surface area contributed by atoms with E-state index in [0.717, 1.165) is 5.56 Å². The average Bonchev–Trinajstić information content (AvgIpc) is 2.42. The summed E-state index contributed by atoms with van der Waals surface area (Å²) in [7, 11) is 0. The molecular formula is C15H16ClFN2. The van der Waals surface area contributed by atoms with E-state index in [9.17, 15) is 4.39 Å². The quantitative estimate of drug-likeness (QED) is 0.663. The fourth-order valence-electron chi connectivity index (χ4n) is 2.05. The number of aryl methyl sites for hydroxylation is 1. The lowest BCUT2D eigenvalue weighted by Crippen LogP contribution is -2.30. The molecule has 19 heavy (non-hydrogen) atoms. The molecule has 2 aromatic rings. The van der Waals surface area contributed by atoms with Crippen LogP contribution in [0.1, 0.15) is 22.7 Å². The van der Waals surface area contributed by atoms with Crippen LogP contribution in [0.2, 0.25) is 5.02 Å². The lowest BCUT2D eigenvalue weighted by atomic mass is 9.97. The van der Waals surface area contributed by atoms with E-state index in [1.807, 2.05) is 30.3 Å². The fourth-order valence-corrected chi connectivity index (χ4v) is 2.18. The molecule has 2 rings (SSSR count). The van der Waals surface area contributed by atoms with Gasteiger partial charge in [0.05, 0.1) is 6.04 Å². The lowest BCUT2D eigenvalue weighted by Gasteiger charge is -2.18. The molecule has 1 atom stereocenters. The zero-order valence-electron chi connectivity index (χ0n) is 10.7. The van der Waals surface area contributed by atoms with Crippen LogP contribution < -0.4 is 11.3 Å². The Hall–Kier alpha value is -1.42. The van der Waals surface area contributed by atoms with Gasteiger partial charge in [-0.2, -0.15) is 0 Å². The molecule has 0 aliphatic heterocycles. The van der Waals surface area contributed by atoms with E-state index >= 15 is 0 Å². The maximum absolute atomic E-state index is 14.1.